The average molecular weight is 356 g/mol. The molecule has 0 radical (unpaired) electrons. The minimum atomic E-state index is 0.102. The zero-order valence-electron chi connectivity index (χ0n) is 14.9. The molecule has 0 unspecified atom stereocenters. The highest BCUT2D eigenvalue weighted by atomic mass is 35.5. The van der Waals surface area contributed by atoms with Crippen molar-refractivity contribution in [3.8, 4) is 0 Å². The summed E-state index contributed by atoms with van der Waals surface area (Å²) in [6, 6.07) is 14.6. The molecule has 0 heterocycles. The van der Waals surface area contributed by atoms with Gasteiger partial charge in [-0.05, 0) is 72.9 Å². The predicted octanol–water partition coefficient (Wildman–Crippen LogP) is 5.42. The Morgan fingerprint density at radius 3 is 2.52 bits per heavy atom. The average Bonchev–Trinajstić information content (AvgIpc) is 2.65. The van der Waals surface area contributed by atoms with Crippen molar-refractivity contribution < 1.29 is 4.79 Å². The summed E-state index contributed by atoms with van der Waals surface area (Å²) >= 11 is 5.90. The lowest BCUT2D eigenvalue weighted by Gasteiger charge is -2.21. The zero-order chi connectivity index (χ0) is 17.6. The molecule has 2 aromatic carbocycles. The smallest absolute Gasteiger partial charge is 0.220 e. The Balaban J connectivity index is 1.59. The molecule has 1 N–H and O–H groups in total. The third kappa shape index (κ3) is 4.85. The van der Waals surface area contributed by atoms with Crippen LogP contribution in [0.5, 0.6) is 0 Å². The van der Waals surface area contributed by atoms with Crippen molar-refractivity contribution in [1.29, 1.82) is 0 Å². The lowest BCUT2D eigenvalue weighted by molar-refractivity contribution is -0.121. The number of amides is 1. The maximum absolute atomic E-state index is 12.4. The van der Waals surface area contributed by atoms with Gasteiger partial charge >= 0.3 is 0 Å². The highest BCUT2D eigenvalue weighted by Gasteiger charge is 2.16. The molecule has 2 nitrogen and oxygen atoms in total. The van der Waals surface area contributed by atoms with Crippen molar-refractivity contribution in [1.82, 2.24) is 5.32 Å². The van der Waals surface area contributed by atoms with Gasteiger partial charge in [0.2, 0.25) is 5.91 Å². The largest absolute Gasteiger partial charge is 0.349 e. The normalized spacial score (nSPS) is 14.6. The first-order valence-electron chi connectivity index (χ1n) is 9.31. The quantitative estimate of drug-likeness (QED) is 0.736. The van der Waals surface area contributed by atoms with E-state index in [0.29, 0.717) is 6.42 Å². The van der Waals surface area contributed by atoms with E-state index in [4.69, 9.17) is 11.6 Å². The van der Waals surface area contributed by atoms with Gasteiger partial charge in [-0.3, -0.25) is 4.79 Å². The second-order valence-corrected chi connectivity index (χ2v) is 7.33. The van der Waals surface area contributed by atoms with E-state index in [1.54, 1.807) is 0 Å². The van der Waals surface area contributed by atoms with Crippen molar-refractivity contribution in [2.75, 3.05) is 0 Å². The molecule has 0 fully saturated rings. The molecule has 0 saturated heterocycles. The van der Waals surface area contributed by atoms with Crippen molar-refractivity contribution in [3.05, 3.63) is 69.7 Å². The van der Waals surface area contributed by atoms with Crippen LogP contribution >= 0.6 is 11.6 Å². The Hall–Kier alpha value is -1.80. The van der Waals surface area contributed by atoms with Crippen LogP contribution in [0.4, 0.5) is 0 Å². The molecule has 3 heteroatoms. The summed E-state index contributed by atoms with van der Waals surface area (Å²) in [7, 11) is 0. The van der Waals surface area contributed by atoms with Gasteiger partial charge in [0.25, 0.3) is 0 Å². The molecule has 3 rings (SSSR count). The van der Waals surface area contributed by atoms with Gasteiger partial charge in [0.05, 0.1) is 6.04 Å². The van der Waals surface area contributed by atoms with E-state index in [1.807, 2.05) is 24.3 Å². The number of carbonyl (C=O) groups is 1. The molecule has 132 valence electrons. The minimum absolute atomic E-state index is 0.102. The molecule has 0 spiro atoms. The summed E-state index contributed by atoms with van der Waals surface area (Å²) < 4.78 is 0. The van der Waals surface area contributed by atoms with Crippen molar-refractivity contribution in [3.63, 3.8) is 0 Å². The number of aryl methyl sites for hydroxylation is 3. The van der Waals surface area contributed by atoms with E-state index in [1.165, 1.54) is 42.4 Å². The molecular formula is C22H26ClNO. The number of hydrogen-bond donors (Lipinski definition) is 1. The van der Waals surface area contributed by atoms with Gasteiger partial charge in [-0.25, -0.2) is 0 Å². The van der Waals surface area contributed by atoms with Crippen molar-refractivity contribution in [2.45, 2.75) is 57.9 Å². The highest BCUT2D eigenvalue weighted by molar-refractivity contribution is 6.30. The molecule has 0 aromatic heterocycles. The summed E-state index contributed by atoms with van der Waals surface area (Å²) in [4.78, 5) is 12.4. The van der Waals surface area contributed by atoms with E-state index < -0.39 is 0 Å². The maximum Gasteiger partial charge on any atom is 0.220 e. The van der Waals surface area contributed by atoms with Crippen LogP contribution < -0.4 is 5.32 Å². The number of benzene rings is 2. The fraction of sp³-hybridized carbons (Fsp3) is 0.409. The summed E-state index contributed by atoms with van der Waals surface area (Å²) in [6.45, 7) is 2.13. The predicted molar refractivity (Wildman–Crippen MR) is 104 cm³/mol. The number of rotatable bonds is 6. The van der Waals surface area contributed by atoms with Crippen LogP contribution in [-0.4, -0.2) is 5.91 Å². The van der Waals surface area contributed by atoms with Gasteiger partial charge in [-0.15, -0.1) is 0 Å². The van der Waals surface area contributed by atoms with Crippen LogP contribution in [0.3, 0.4) is 0 Å². The lowest BCUT2D eigenvalue weighted by Crippen LogP contribution is -2.28. The molecule has 1 aliphatic carbocycles. The van der Waals surface area contributed by atoms with Gasteiger partial charge in [0.1, 0.15) is 0 Å². The van der Waals surface area contributed by atoms with Crippen molar-refractivity contribution >= 4 is 17.5 Å². The minimum Gasteiger partial charge on any atom is -0.349 e. The standard InChI is InChI=1S/C22H26ClNO/c1-2-21(19-11-10-17-5-3-4-6-18(17)15-19)24-22(25)14-9-16-7-12-20(23)13-8-16/h7-8,10-13,15,21H,2-6,9,14H2,1H3,(H,24,25)/t21-/m0/s1. The van der Waals surface area contributed by atoms with E-state index >= 15 is 0 Å². The summed E-state index contributed by atoms with van der Waals surface area (Å²) in [6.07, 6.45) is 7.09. The number of nitrogens with one attached hydrogen (secondary N) is 1. The van der Waals surface area contributed by atoms with Crippen LogP contribution in [0.1, 0.15) is 60.9 Å². The molecule has 1 aliphatic rings. The zero-order valence-corrected chi connectivity index (χ0v) is 15.6. The van der Waals surface area contributed by atoms with Crippen LogP contribution in [0.15, 0.2) is 42.5 Å². The highest BCUT2D eigenvalue weighted by Crippen LogP contribution is 2.26. The lowest BCUT2D eigenvalue weighted by atomic mass is 9.89. The molecule has 0 bridgehead atoms. The van der Waals surface area contributed by atoms with Crippen LogP contribution in [0.25, 0.3) is 0 Å². The first-order valence-corrected chi connectivity index (χ1v) is 9.69. The molecule has 0 saturated carbocycles. The molecule has 1 atom stereocenters. The monoisotopic (exact) mass is 355 g/mol. The van der Waals surface area contributed by atoms with Gasteiger partial charge in [-0.2, -0.15) is 0 Å². The fourth-order valence-electron chi connectivity index (χ4n) is 3.57. The summed E-state index contributed by atoms with van der Waals surface area (Å²) in [5.74, 6) is 0.111. The fourth-order valence-corrected chi connectivity index (χ4v) is 3.69. The molecule has 1 amide bonds. The molecule has 25 heavy (non-hydrogen) atoms. The number of halogens is 1. The Labute approximate surface area is 155 Å². The summed E-state index contributed by atoms with van der Waals surface area (Å²) in [5, 5.41) is 3.93. The van der Waals surface area contributed by atoms with Gasteiger partial charge in [0, 0.05) is 11.4 Å². The Kier molecular flexibility index (Phi) is 6.14. The van der Waals surface area contributed by atoms with E-state index in [-0.39, 0.29) is 11.9 Å². The van der Waals surface area contributed by atoms with E-state index in [9.17, 15) is 4.79 Å². The summed E-state index contributed by atoms with van der Waals surface area (Å²) in [5.41, 5.74) is 5.33. The second-order valence-electron chi connectivity index (χ2n) is 6.89. The first-order chi connectivity index (χ1) is 12.2. The topological polar surface area (TPSA) is 29.1 Å². The Morgan fingerprint density at radius 2 is 1.80 bits per heavy atom. The van der Waals surface area contributed by atoms with Gasteiger partial charge < -0.3 is 5.32 Å². The Bertz CT molecular complexity index is 723. The SMILES string of the molecule is CC[C@H](NC(=O)CCc1ccc(Cl)cc1)c1ccc2c(c1)CCCC2. The third-order valence-corrected chi connectivity index (χ3v) is 5.32. The van der Waals surface area contributed by atoms with E-state index in [2.05, 4.69) is 30.4 Å². The number of hydrogen-bond acceptors (Lipinski definition) is 1. The first kappa shape index (κ1) is 18.0. The van der Waals surface area contributed by atoms with Gasteiger partial charge in [0.15, 0.2) is 0 Å². The molecule has 0 aliphatic heterocycles. The Morgan fingerprint density at radius 1 is 1.08 bits per heavy atom. The second kappa shape index (κ2) is 8.53. The molecule has 2 aromatic rings. The van der Waals surface area contributed by atoms with Crippen LogP contribution in [-0.2, 0) is 24.1 Å². The van der Waals surface area contributed by atoms with Gasteiger partial charge in [-0.1, -0.05) is 48.9 Å². The number of fused-ring (bicyclic) bond motifs is 1. The molecular weight excluding hydrogens is 330 g/mol. The number of carbonyl (C=O) groups excluding carboxylic acids is 1. The van der Waals surface area contributed by atoms with Crippen molar-refractivity contribution in [2.24, 2.45) is 0 Å². The van der Waals surface area contributed by atoms with E-state index in [0.717, 1.165) is 23.4 Å². The maximum atomic E-state index is 12.4. The third-order valence-electron chi connectivity index (χ3n) is 5.07. The van der Waals surface area contributed by atoms with Crippen LogP contribution in [0.2, 0.25) is 5.02 Å². The van der Waals surface area contributed by atoms with Crippen LogP contribution in [0, 0.1) is 0 Å².